The summed E-state index contributed by atoms with van der Waals surface area (Å²) in [5, 5.41) is 13.3. The van der Waals surface area contributed by atoms with Gasteiger partial charge in [-0.1, -0.05) is 0 Å². The molecule has 0 radical (unpaired) electrons. The normalized spacial score (nSPS) is 16.4. The van der Waals surface area contributed by atoms with Gasteiger partial charge in [0.05, 0.1) is 7.11 Å². The van der Waals surface area contributed by atoms with Crippen molar-refractivity contribution >= 4 is 22.0 Å². The van der Waals surface area contributed by atoms with Gasteiger partial charge in [-0.05, 0) is 13.0 Å². The molecule has 1 aliphatic heterocycles. The molecule has 5 nitrogen and oxygen atoms in total. The van der Waals surface area contributed by atoms with Gasteiger partial charge >= 0.3 is 0 Å². The smallest absolute Gasteiger partial charge is 0.177 e. The quantitative estimate of drug-likeness (QED) is 0.821. The van der Waals surface area contributed by atoms with Gasteiger partial charge in [0.1, 0.15) is 21.6 Å². The molecular formula is C11H16N4OS. The Labute approximate surface area is 105 Å². The summed E-state index contributed by atoms with van der Waals surface area (Å²) >= 11 is 1.41. The lowest BCUT2D eigenvalue weighted by atomic mass is 10.3. The van der Waals surface area contributed by atoms with Crippen LogP contribution < -0.4 is 20.7 Å². The van der Waals surface area contributed by atoms with Crippen LogP contribution in [0.1, 0.15) is 11.3 Å². The third-order valence-corrected chi connectivity index (χ3v) is 3.97. The van der Waals surface area contributed by atoms with Crippen molar-refractivity contribution in [3.63, 3.8) is 0 Å². The number of nitrogens with one attached hydrogen (secondary N) is 1. The molecule has 0 aromatic carbocycles. The molecule has 1 saturated heterocycles. The molecule has 0 bridgehead atoms. The number of nitrogens with two attached hydrogens (primary N) is 1. The predicted octanol–water partition coefficient (Wildman–Crippen LogP) is 1.01. The van der Waals surface area contributed by atoms with Gasteiger partial charge in [0.15, 0.2) is 5.75 Å². The monoisotopic (exact) mass is 252 g/mol. The van der Waals surface area contributed by atoms with Crippen LogP contribution >= 0.6 is 11.3 Å². The van der Waals surface area contributed by atoms with E-state index >= 15 is 0 Å². The third kappa shape index (κ3) is 2.30. The van der Waals surface area contributed by atoms with Crippen molar-refractivity contribution in [2.45, 2.75) is 6.42 Å². The van der Waals surface area contributed by atoms with Crippen LogP contribution in [0, 0.1) is 11.3 Å². The van der Waals surface area contributed by atoms with Crippen LogP contribution in [0.2, 0.25) is 0 Å². The first-order valence-electron chi connectivity index (χ1n) is 5.60. The summed E-state index contributed by atoms with van der Waals surface area (Å²) in [4.78, 5) is 2.77. The highest BCUT2D eigenvalue weighted by Crippen LogP contribution is 2.44. The van der Waals surface area contributed by atoms with E-state index in [9.17, 15) is 0 Å². The maximum Gasteiger partial charge on any atom is 0.177 e. The number of hydrogen-bond acceptors (Lipinski definition) is 6. The zero-order valence-electron chi connectivity index (χ0n) is 9.82. The van der Waals surface area contributed by atoms with Gasteiger partial charge in [-0.2, -0.15) is 5.26 Å². The van der Waals surface area contributed by atoms with E-state index < -0.39 is 0 Å². The van der Waals surface area contributed by atoms with Crippen LogP contribution in [0.4, 0.5) is 10.7 Å². The van der Waals surface area contributed by atoms with Crippen molar-refractivity contribution in [2.24, 2.45) is 0 Å². The highest BCUT2D eigenvalue weighted by Gasteiger charge is 2.22. The number of ether oxygens (including phenoxy) is 1. The molecule has 0 aliphatic carbocycles. The minimum Gasteiger partial charge on any atom is -0.492 e. The van der Waals surface area contributed by atoms with Gasteiger partial charge in [0.25, 0.3) is 0 Å². The minimum atomic E-state index is 0.465. The predicted molar refractivity (Wildman–Crippen MR) is 69.7 cm³/mol. The molecule has 92 valence electrons. The lowest BCUT2D eigenvalue weighted by Crippen LogP contribution is -2.27. The molecule has 0 atom stereocenters. The molecule has 1 aromatic rings. The number of nitrogen functional groups attached to an aromatic ring is 1. The zero-order chi connectivity index (χ0) is 12.3. The summed E-state index contributed by atoms with van der Waals surface area (Å²) in [5.41, 5.74) is 6.36. The van der Waals surface area contributed by atoms with E-state index in [1.54, 1.807) is 7.11 Å². The molecule has 0 amide bonds. The van der Waals surface area contributed by atoms with Crippen LogP contribution in [-0.4, -0.2) is 33.3 Å². The summed E-state index contributed by atoms with van der Waals surface area (Å²) in [6.45, 7) is 3.86. The highest BCUT2D eigenvalue weighted by molar-refractivity contribution is 7.17. The van der Waals surface area contributed by atoms with Gasteiger partial charge in [0, 0.05) is 19.6 Å². The Morgan fingerprint density at radius 1 is 1.47 bits per heavy atom. The fourth-order valence-electron chi connectivity index (χ4n) is 1.95. The van der Waals surface area contributed by atoms with Crippen molar-refractivity contribution in [1.82, 2.24) is 5.32 Å². The zero-order valence-corrected chi connectivity index (χ0v) is 10.6. The summed E-state index contributed by atoms with van der Waals surface area (Å²) < 4.78 is 5.32. The molecule has 1 aromatic heterocycles. The molecule has 1 fully saturated rings. The Morgan fingerprint density at radius 3 is 3.00 bits per heavy atom. The summed E-state index contributed by atoms with van der Waals surface area (Å²) in [7, 11) is 1.60. The Kier molecular flexibility index (Phi) is 3.71. The molecular weight excluding hydrogens is 236 g/mol. The van der Waals surface area contributed by atoms with Crippen molar-refractivity contribution < 1.29 is 4.74 Å². The first-order chi connectivity index (χ1) is 8.27. The standard InChI is InChI=1S/C11H16N4OS/c1-16-10-9(13)8(7-12)17-11(10)15-5-2-3-14-4-6-15/h14H,2-6,13H2,1H3. The molecule has 2 heterocycles. The number of nitriles is 1. The van der Waals surface area contributed by atoms with E-state index in [4.69, 9.17) is 15.7 Å². The maximum atomic E-state index is 9.00. The molecule has 1 aliphatic rings. The SMILES string of the molecule is COc1c(N2CCCNCC2)sc(C#N)c1N. The second-order valence-electron chi connectivity index (χ2n) is 3.89. The molecule has 0 spiro atoms. The molecule has 17 heavy (non-hydrogen) atoms. The summed E-state index contributed by atoms with van der Waals surface area (Å²) in [6, 6.07) is 2.12. The first kappa shape index (κ1) is 12.0. The third-order valence-electron chi connectivity index (χ3n) is 2.82. The lowest BCUT2D eigenvalue weighted by Gasteiger charge is -2.21. The molecule has 0 saturated carbocycles. The Morgan fingerprint density at radius 2 is 2.29 bits per heavy atom. The fraction of sp³-hybridized carbons (Fsp3) is 0.545. The fourth-order valence-corrected chi connectivity index (χ4v) is 2.99. The van der Waals surface area contributed by atoms with Gasteiger partial charge in [-0.25, -0.2) is 0 Å². The maximum absolute atomic E-state index is 9.00. The average molecular weight is 252 g/mol. The van der Waals surface area contributed by atoms with Crippen LogP contribution in [-0.2, 0) is 0 Å². The number of nitrogens with zero attached hydrogens (tertiary/aromatic N) is 2. The molecule has 3 N–H and O–H groups in total. The minimum absolute atomic E-state index is 0.465. The van der Waals surface area contributed by atoms with Gasteiger partial charge < -0.3 is 20.7 Å². The second kappa shape index (κ2) is 5.25. The number of hydrogen-bond donors (Lipinski definition) is 2. The van der Waals surface area contributed by atoms with E-state index in [1.807, 2.05) is 0 Å². The molecule has 6 heteroatoms. The number of anilines is 2. The topological polar surface area (TPSA) is 74.3 Å². The van der Waals surface area contributed by atoms with Crippen molar-refractivity contribution in [2.75, 3.05) is 43.9 Å². The van der Waals surface area contributed by atoms with Crippen LogP contribution in [0.3, 0.4) is 0 Å². The van der Waals surface area contributed by atoms with E-state index in [1.165, 1.54) is 11.3 Å². The highest BCUT2D eigenvalue weighted by atomic mass is 32.1. The van der Waals surface area contributed by atoms with E-state index in [0.29, 0.717) is 16.3 Å². The van der Waals surface area contributed by atoms with Crippen LogP contribution in [0.5, 0.6) is 5.75 Å². The Hall–Kier alpha value is -1.45. The van der Waals surface area contributed by atoms with Crippen LogP contribution in [0.15, 0.2) is 0 Å². The number of thiophene rings is 1. The van der Waals surface area contributed by atoms with Crippen molar-refractivity contribution in [1.29, 1.82) is 5.26 Å². The summed E-state index contributed by atoms with van der Waals surface area (Å²) in [5.74, 6) is 0.647. The average Bonchev–Trinajstić information content (AvgIpc) is 2.55. The largest absolute Gasteiger partial charge is 0.492 e. The number of methoxy groups -OCH3 is 1. The summed E-state index contributed by atoms with van der Waals surface area (Å²) in [6.07, 6.45) is 1.09. The molecule has 2 rings (SSSR count). The van der Waals surface area contributed by atoms with E-state index in [0.717, 1.165) is 37.6 Å². The number of rotatable bonds is 2. The van der Waals surface area contributed by atoms with Gasteiger partial charge in [-0.3, -0.25) is 0 Å². The van der Waals surface area contributed by atoms with Crippen molar-refractivity contribution in [3.8, 4) is 11.8 Å². The van der Waals surface area contributed by atoms with E-state index in [2.05, 4.69) is 16.3 Å². The Bertz CT molecular complexity index is 429. The van der Waals surface area contributed by atoms with Crippen molar-refractivity contribution in [3.05, 3.63) is 4.88 Å². The van der Waals surface area contributed by atoms with E-state index in [-0.39, 0.29) is 0 Å². The van der Waals surface area contributed by atoms with Gasteiger partial charge in [0.2, 0.25) is 0 Å². The lowest BCUT2D eigenvalue weighted by molar-refractivity contribution is 0.418. The molecule has 0 unspecified atom stereocenters. The second-order valence-corrected chi connectivity index (χ2v) is 4.88. The van der Waals surface area contributed by atoms with Gasteiger partial charge in [-0.15, -0.1) is 11.3 Å². The first-order valence-corrected chi connectivity index (χ1v) is 6.41. The Balaban J connectivity index is 2.33. The van der Waals surface area contributed by atoms with Crippen LogP contribution in [0.25, 0.3) is 0 Å².